The fourth-order valence-electron chi connectivity index (χ4n) is 9.63. The van der Waals surface area contributed by atoms with E-state index in [1.807, 2.05) is 30.4 Å². The van der Waals surface area contributed by atoms with Crippen LogP contribution in [0, 0.1) is 0 Å². The summed E-state index contributed by atoms with van der Waals surface area (Å²) in [5.74, 6) is -2.52. The van der Waals surface area contributed by atoms with Gasteiger partial charge >= 0.3 is 39.5 Å². The first-order valence-corrected chi connectivity index (χ1v) is 42.0. The molecule has 0 fully saturated rings. The molecule has 17 nitrogen and oxygen atoms in total. The Morgan fingerprint density at radius 1 is 0.288 bits per heavy atom. The number of rotatable bonds is 71. The van der Waals surface area contributed by atoms with Gasteiger partial charge in [-0.15, -0.1) is 0 Å². The van der Waals surface area contributed by atoms with Crippen LogP contribution in [0.15, 0.2) is 182 Å². The van der Waals surface area contributed by atoms with Crippen molar-refractivity contribution in [3.8, 4) is 0 Å². The predicted molar refractivity (Wildman–Crippen MR) is 426 cm³/mol. The van der Waals surface area contributed by atoms with E-state index in [1.165, 1.54) is 64.2 Å². The van der Waals surface area contributed by atoms with E-state index in [9.17, 15) is 43.2 Å². The Hall–Kier alpha value is -5.84. The van der Waals surface area contributed by atoms with E-state index in [1.54, 1.807) is 18.2 Å². The molecule has 5 unspecified atom stereocenters. The lowest BCUT2D eigenvalue weighted by Gasteiger charge is -2.21. The van der Waals surface area contributed by atoms with Crippen molar-refractivity contribution in [2.45, 2.75) is 290 Å². The van der Waals surface area contributed by atoms with Gasteiger partial charge in [-0.3, -0.25) is 37.3 Å². The summed E-state index contributed by atoms with van der Waals surface area (Å²) in [6.07, 6.45) is 90.9. The van der Waals surface area contributed by atoms with E-state index in [2.05, 4.69) is 161 Å². The molecule has 3 N–H and O–H groups in total. The molecule has 19 heteroatoms. The van der Waals surface area contributed by atoms with Crippen LogP contribution < -0.4 is 0 Å². The van der Waals surface area contributed by atoms with E-state index in [4.69, 9.17) is 37.0 Å². The number of aliphatic hydroxyl groups excluding tert-OH is 1. The first-order chi connectivity index (χ1) is 50.7. The zero-order valence-corrected chi connectivity index (χ0v) is 65.9. The van der Waals surface area contributed by atoms with Crippen molar-refractivity contribution in [3.63, 3.8) is 0 Å². The van der Waals surface area contributed by atoms with Crippen LogP contribution in [0.2, 0.25) is 0 Å². The second-order valence-electron chi connectivity index (χ2n) is 25.2. The number of allylic oxidation sites excluding steroid dienone is 28. The second kappa shape index (κ2) is 75.4. The highest BCUT2D eigenvalue weighted by molar-refractivity contribution is 7.47. The number of hydrogen-bond acceptors (Lipinski definition) is 15. The van der Waals surface area contributed by atoms with Crippen molar-refractivity contribution in [1.29, 1.82) is 0 Å². The van der Waals surface area contributed by atoms with Crippen molar-refractivity contribution in [1.82, 2.24) is 0 Å². The van der Waals surface area contributed by atoms with Gasteiger partial charge in [-0.2, -0.15) is 0 Å². The monoisotopic (exact) mass is 1490 g/mol. The molecule has 0 aromatic carbocycles. The minimum Gasteiger partial charge on any atom is -0.462 e. The highest BCUT2D eigenvalue weighted by Crippen LogP contribution is 2.45. The Balaban J connectivity index is 5.53. The van der Waals surface area contributed by atoms with Crippen LogP contribution in [-0.4, -0.2) is 96.7 Å². The van der Waals surface area contributed by atoms with Crippen LogP contribution in [0.3, 0.4) is 0 Å². The molecule has 0 saturated carbocycles. The van der Waals surface area contributed by atoms with Crippen molar-refractivity contribution in [3.05, 3.63) is 182 Å². The quantitative estimate of drug-likeness (QED) is 0.0169. The number of ether oxygens (including phenoxy) is 4. The summed E-state index contributed by atoms with van der Waals surface area (Å²) in [6, 6.07) is 0. The first-order valence-electron chi connectivity index (χ1n) is 39.0. The number of carbonyl (C=O) groups excluding carboxylic acids is 4. The number of hydrogen-bond donors (Lipinski definition) is 3. The molecule has 104 heavy (non-hydrogen) atoms. The third-order valence-corrected chi connectivity index (χ3v) is 17.3. The van der Waals surface area contributed by atoms with Gasteiger partial charge in [-0.05, 0) is 122 Å². The van der Waals surface area contributed by atoms with Gasteiger partial charge in [0.2, 0.25) is 0 Å². The zero-order chi connectivity index (χ0) is 76.0. The van der Waals surface area contributed by atoms with Crippen LogP contribution in [0.1, 0.15) is 272 Å². The van der Waals surface area contributed by atoms with Crippen molar-refractivity contribution in [2.24, 2.45) is 0 Å². The molecule has 0 saturated heterocycles. The molecule has 0 spiro atoms. The molecule has 0 rings (SSSR count). The summed E-state index contributed by atoms with van der Waals surface area (Å²) < 4.78 is 68.3. The van der Waals surface area contributed by atoms with E-state index >= 15 is 0 Å². The highest BCUT2D eigenvalue weighted by Gasteiger charge is 2.30. The molecule has 0 aromatic heterocycles. The number of unbranched alkanes of at least 4 members (excludes halogenated alkanes) is 17. The minimum absolute atomic E-state index is 0.0794. The average Bonchev–Trinajstić information content (AvgIpc) is 0.918. The molecule has 0 aliphatic carbocycles. The van der Waals surface area contributed by atoms with E-state index in [0.29, 0.717) is 25.7 Å². The van der Waals surface area contributed by atoms with Crippen molar-refractivity contribution in [2.75, 3.05) is 39.6 Å². The predicted octanol–water partition coefficient (Wildman–Crippen LogP) is 22.8. The Morgan fingerprint density at radius 2 is 0.548 bits per heavy atom. The Labute approximate surface area is 628 Å². The molecule has 0 aromatic rings. The van der Waals surface area contributed by atoms with E-state index in [-0.39, 0.29) is 25.7 Å². The summed E-state index contributed by atoms with van der Waals surface area (Å²) in [7, 11) is -10.0. The molecule has 0 radical (unpaired) electrons. The lowest BCUT2D eigenvalue weighted by Crippen LogP contribution is -2.30. The smallest absolute Gasteiger partial charge is 0.462 e. The lowest BCUT2D eigenvalue weighted by molar-refractivity contribution is -0.161. The van der Waals surface area contributed by atoms with Crippen LogP contribution in [-0.2, 0) is 65.4 Å². The van der Waals surface area contributed by atoms with E-state index in [0.717, 1.165) is 128 Å². The number of phosphoric ester groups is 2. The third kappa shape index (κ3) is 74.4. The van der Waals surface area contributed by atoms with Gasteiger partial charge in [0.15, 0.2) is 12.2 Å². The second-order valence-corrected chi connectivity index (χ2v) is 28.1. The van der Waals surface area contributed by atoms with Gasteiger partial charge in [-0.1, -0.05) is 306 Å². The largest absolute Gasteiger partial charge is 0.472 e. The summed E-state index contributed by atoms with van der Waals surface area (Å²) in [4.78, 5) is 72.8. The fraction of sp³-hybridized carbons (Fsp3) is 0.600. The number of esters is 4. The molecular weight excluding hydrogens is 1350 g/mol. The molecule has 588 valence electrons. The summed E-state index contributed by atoms with van der Waals surface area (Å²) in [6.45, 7) is 4.24. The summed E-state index contributed by atoms with van der Waals surface area (Å²) in [5.41, 5.74) is 0. The number of carbonyl (C=O) groups is 4. The minimum atomic E-state index is -5.03. The summed E-state index contributed by atoms with van der Waals surface area (Å²) >= 11 is 0. The number of phosphoric acid groups is 2. The van der Waals surface area contributed by atoms with Crippen LogP contribution in [0.4, 0.5) is 0 Å². The van der Waals surface area contributed by atoms with Crippen LogP contribution in [0.5, 0.6) is 0 Å². The molecule has 0 aliphatic rings. The number of aliphatic hydroxyl groups is 1. The molecule has 0 heterocycles. The Morgan fingerprint density at radius 3 is 0.894 bits per heavy atom. The maximum absolute atomic E-state index is 13.1. The topological polar surface area (TPSA) is 237 Å². The molecule has 5 atom stereocenters. The van der Waals surface area contributed by atoms with Gasteiger partial charge in [-0.25, -0.2) is 9.13 Å². The standard InChI is InChI=1S/C85H136O17P2/c1-5-9-13-17-21-25-29-33-37-38-39-40-44-46-50-54-58-62-66-70-83(88)96-76-81(102-85(90)72-68-64-60-56-52-48-43-36-32-28-24-20-16-12-8-4)78-100-104(93,94)98-74-79(86)73-97-103(91,92)99-77-80(101-84(89)71-67-63-59-55-51-47-42-35-31-27-23-19-15-11-7-3)75-95-82(87)69-65-61-57-53-49-45-41-34-30-26-22-18-14-10-6-2/h9-11,13-15,21-23,25-27,33-35,37,39-42,46,49-51,53,55,61,63,65,67,79-81,86H,5-8,12,16-20,24,28-32,36,38,43-45,47-48,52,54,56-60,62,64,66,68-78H2,1-4H3,(H,91,92)(H,93,94)/b13-9-,14-10-,15-11-,25-21-,26-22-,27-23-,37-33-,40-39-,41-34-,42-35-,50-46-,53-49-,55-51-,65-61-,67-63-. The molecular formula is C85H136O17P2. The Bertz CT molecular complexity index is 2690. The zero-order valence-electron chi connectivity index (χ0n) is 64.1. The van der Waals surface area contributed by atoms with Crippen molar-refractivity contribution >= 4 is 39.5 Å². The molecule has 0 amide bonds. The molecule has 0 bridgehead atoms. The highest BCUT2D eigenvalue weighted by atomic mass is 31.2. The summed E-state index contributed by atoms with van der Waals surface area (Å²) in [5, 5.41) is 10.6. The van der Waals surface area contributed by atoms with Gasteiger partial charge in [0.25, 0.3) is 0 Å². The maximum Gasteiger partial charge on any atom is 0.472 e. The van der Waals surface area contributed by atoms with Gasteiger partial charge in [0.05, 0.1) is 39.3 Å². The lowest BCUT2D eigenvalue weighted by atomic mass is 10.0. The third-order valence-electron chi connectivity index (χ3n) is 15.4. The van der Waals surface area contributed by atoms with E-state index < -0.39 is 97.5 Å². The van der Waals surface area contributed by atoms with Crippen LogP contribution >= 0.6 is 15.6 Å². The maximum atomic E-state index is 13.1. The van der Waals surface area contributed by atoms with Gasteiger partial charge in [0.1, 0.15) is 19.3 Å². The molecule has 0 aliphatic heterocycles. The fourth-order valence-corrected chi connectivity index (χ4v) is 11.2. The van der Waals surface area contributed by atoms with Crippen molar-refractivity contribution < 1.29 is 80.2 Å². The Kier molecular flexibility index (Phi) is 71.2. The normalized spacial score (nSPS) is 14.9. The average molecular weight is 1490 g/mol. The SMILES string of the molecule is CC/C=C\C/C=C\C/C=C\C/C=C\C/C=C\CCCCCC(=O)OCC(COP(=O)(O)OCC(O)COP(=O)(O)OCC(COC(=O)C/C=C\C/C=C\C/C=C\C/C=C\C/C=C\CC)OC(=O)C/C=C\C/C=C\C/C=C\C/C=C\C/C=C\CC)OC(=O)CCCCCCCCCCCCCCCCC. The first kappa shape index (κ1) is 98.2. The van der Waals surface area contributed by atoms with Crippen LogP contribution in [0.25, 0.3) is 0 Å². The van der Waals surface area contributed by atoms with Gasteiger partial charge < -0.3 is 33.8 Å². The van der Waals surface area contributed by atoms with Gasteiger partial charge in [0, 0.05) is 12.8 Å².